The summed E-state index contributed by atoms with van der Waals surface area (Å²) < 4.78 is 10.7. The van der Waals surface area contributed by atoms with Crippen LogP contribution in [0.2, 0.25) is 0 Å². The van der Waals surface area contributed by atoms with Crippen molar-refractivity contribution in [3.05, 3.63) is 47.8 Å². The van der Waals surface area contributed by atoms with Crippen molar-refractivity contribution in [1.82, 2.24) is 0 Å². The van der Waals surface area contributed by atoms with Crippen LogP contribution in [0.15, 0.2) is 39.4 Å². The summed E-state index contributed by atoms with van der Waals surface area (Å²) in [6.07, 6.45) is 1.69. The third kappa shape index (κ3) is 5.87. The second kappa shape index (κ2) is 7.80. The number of carboxylic acid groups (broad SMARTS) is 2. The minimum Gasteiger partial charge on any atom is -0.539 e. The molecular weight excluding hydrogens is 266 g/mol. The van der Waals surface area contributed by atoms with E-state index in [1.165, 1.54) is 0 Å². The summed E-state index contributed by atoms with van der Waals surface area (Å²) in [5, 5.41) is 18.5. The van der Waals surface area contributed by atoms with E-state index in [0.717, 1.165) is 30.4 Å². The normalized spacial score (nSPS) is 9.65. The van der Waals surface area contributed by atoms with E-state index < -0.39 is 11.9 Å². The summed E-state index contributed by atoms with van der Waals surface area (Å²) in [6.45, 7) is 3.66. The standard InChI is InChI=1S/C11H13NO2.C2H2O4/c1-9-4-5-11(14-9)8-12-7-10-3-2-6-13-10;3-1(4)2(5)6/h2-6,12H,7-8H2,1H3;(H,3,4)(H,5,6). The molecule has 2 heterocycles. The van der Waals surface area contributed by atoms with Crippen LogP contribution in [-0.2, 0) is 22.7 Å². The van der Waals surface area contributed by atoms with Crippen molar-refractivity contribution < 1.29 is 34.0 Å². The summed E-state index contributed by atoms with van der Waals surface area (Å²) >= 11 is 0. The highest BCUT2D eigenvalue weighted by atomic mass is 16.4. The van der Waals surface area contributed by atoms with Crippen LogP contribution in [0.3, 0.4) is 0 Å². The van der Waals surface area contributed by atoms with Crippen LogP contribution >= 0.6 is 0 Å². The first-order chi connectivity index (χ1) is 9.49. The highest BCUT2D eigenvalue weighted by Crippen LogP contribution is 2.04. The molecule has 0 fully saturated rings. The molecule has 0 aliphatic rings. The van der Waals surface area contributed by atoms with E-state index in [2.05, 4.69) is 5.32 Å². The maximum atomic E-state index is 9.04. The minimum atomic E-state index is -2.07. The summed E-state index contributed by atoms with van der Waals surface area (Å²) in [5.74, 6) is -1.04. The zero-order valence-electron chi connectivity index (χ0n) is 10.9. The molecule has 0 aliphatic carbocycles. The van der Waals surface area contributed by atoms with Crippen LogP contribution in [0.1, 0.15) is 17.3 Å². The number of carboxylic acids is 2. The van der Waals surface area contributed by atoms with E-state index in [-0.39, 0.29) is 0 Å². The SMILES string of the molecule is Cc1ccc(C[NH2+]Cc2ccco2)o1.O=C([O-])C(=O)O. The van der Waals surface area contributed by atoms with Crippen molar-refractivity contribution in [3.8, 4) is 0 Å². The van der Waals surface area contributed by atoms with Gasteiger partial charge in [0.1, 0.15) is 18.8 Å². The fraction of sp³-hybridized carbons (Fsp3) is 0.231. The van der Waals surface area contributed by atoms with Crippen molar-refractivity contribution in [3.63, 3.8) is 0 Å². The molecular formula is C13H15NO6. The largest absolute Gasteiger partial charge is 0.539 e. The van der Waals surface area contributed by atoms with Crippen LogP contribution in [0.25, 0.3) is 0 Å². The Morgan fingerprint density at radius 3 is 2.35 bits per heavy atom. The number of rotatable bonds is 4. The predicted octanol–water partition coefficient (Wildman–Crippen LogP) is -0.734. The lowest BCUT2D eigenvalue weighted by molar-refractivity contribution is -0.689. The number of hydrogen-bond acceptors (Lipinski definition) is 5. The number of carbonyl (C=O) groups excluding carboxylic acids is 1. The van der Waals surface area contributed by atoms with Crippen molar-refractivity contribution in [2.75, 3.05) is 0 Å². The van der Waals surface area contributed by atoms with Crippen molar-refractivity contribution in [2.24, 2.45) is 0 Å². The number of furan rings is 2. The third-order valence-corrected chi connectivity index (χ3v) is 2.24. The lowest BCUT2D eigenvalue weighted by Crippen LogP contribution is -2.80. The molecule has 0 radical (unpaired) electrons. The molecule has 0 spiro atoms. The molecule has 0 unspecified atom stereocenters. The molecule has 108 valence electrons. The summed E-state index contributed by atoms with van der Waals surface area (Å²) in [6, 6.07) is 7.87. The zero-order valence-corrected chi connectivity index (χ0v) is 10.9. The molecule has 2 aromatic heterocycles. The highest BCUT2D eigenvalue weighted by Gasteiger charge is 2.02. The second-order valence-corrected chi connectivity index (χ2v) is 3.88. The number of nitrogens with two attached hydrogens (primary N) is 1. The maximum absolute atomic E-state index is 9.04. The molecule has 7 heteroatoms. The number of quaternary nitrogens is 1. The van der Waals surface area contributed by atoms with Crippen LogP contribution in [0.5, 0.6) is 0 Å². The van der Waals surface area contributed by atoms with Gasteiger partial charge in [0.2, 0.25) is 0 Å². The Morgan fingerprint density at radius 2 is 1.90 bits per heavy atom. The predicted molar refractivity (Wildman–Crippen MR) is 64.1 cm³/mol. The van der Waals surface area contributed by atoms with Crippen LogP contribution < -0.4 is 10.4 Å². The number of aliphatic carboxylic acids is 2. The monoisotopic (exact) mass is 281 g/mol. The number of carbonyl (C=O) groups is 2. The van der Waals surface area contributed by atoms with E-state index in [4.69, 9.17) is 28.6 Å². The average molecular weight is 281 g/mol. The number of aryl methyl sites for hydroxylation is 1. The van der Waals surface area contributed by atoms with Gasteiger partial charge >= 0.3 is 5.97 Å². The lowest BCUT2D eigenvalue weighted by Gasteiger charge is -1.96. The van der Waals surface area contributed by atoms with Gasteiger partial charge in [0.25, 0.3) is 0 Å². The molecule has 3 N–H and O–H groups in total. The molecule has 0 aromatic carbocycles. The summed E-state index contributed by atoms with van der Waals surface area (Å²) in [4.78, 5) is 18.0. The third-order valence-electron chi connectivity index (χ3n) is 2.24. The van der Waals surface area contributed by atoms with Crippen LogP contribution in [0, 0.1) is 6.92 Å². The van der Waals surface area contributed by atoms with Gasteiger partial charge in [0.15, 0.2) is 17.5 Å². The quantitative estimate of drug-likeness (QED) is 0.712. The second-order valence-electron chi connectivity index (χ2n) is 3.88. The topological polar surface area (TPSA) is 120 Å². The van der Waals surface area contributed by atoms with Gasteiger partial charge in [-0.2, -0.15) is 0 Å². The molecule has 2 aromatic rings. The van der Waals surface area contributed by atoms with Gasteiger partial charge in [0, 0.05) is 0 Å². The molecule has 0 saturated carbocycles. The van der Waals surface area contributed by atoms with Gasteiger partial charge in [-0.05, 0) is 31.2 Å². The van der Waals surface area contributed by atoms with Gasteiger partial charge in [0.05, 0.1) is 6.26 Å². The van der Waals surface area contributed by atoms with E-state index in [1.54, 1.807) is 6.26 Å². The van der Waals surface area contributed by atoms with Crippen LogP contribution in [-0.4, -0.2) is 17.0 Å². The molecule has 20 heavy (non-hydrogen) atoms. The smallest absolute Gasteiger partial charge is 0.351 e. The summed E-state index contributed by atoms with van der Waals surface area (Å²) in [7, 11) is 0. The zero-order chi connectivity index (χ0) is 15.0. The minimum absolute atomic E-state index is 0.854. The molecule has 0 bridgehead atoms. The van der Waals surface area contributed by atoms with Crippen molar-refractivity contribution >= 4 is 11.9 Å². The first-order valence-corrected chi connectivity index (χ1v) is 5.82. The van der Waals surface area contributed by atoms with E-state index in [9.17, 15) is 0 Å². The highest BCUT2D eigenvalue weighted by molar-refractivity contribution is 6.26. The molecule has 2 rings (SSSR count). The van der Waals surface area contributed by atoms with Gasteiger partial charge < -0.3 is 29.2 Å². The Morgan fingerprint density at radius 1 is 1.25 bits per heavy atom. The first kappa shape index (κ1) is 15.5. The lowest BCUT2D eigenvalue weighted by atomic mass is 10.4. The Bertz CT molecular complexity index is 531. The maximum Gasteiger partial charge on any atom is 0.351 e. The van der Waals surface area contributed by atoms with Gasteiger partial charge in [-0.3, -0.25) is 0 Å². The van der Waals surface area contributed by atoms with Gasteiger partial charge in [-0.1, -0.05) is 0 Å². The Labute approximate surface area is 114 Å². The molecule has 0 amide bonds. The number of hydrogen-bond donors (Lipinski definition) is 2. The molecule has 0 saturated heterocycles. The van der Waals surface area contributed by atoms with Gasteiger partial charge in [-0.25, -0.2) is 4.79 Å². The van der Waals surface area contributed by atoms with Crippen molar-refractivity contribution in [1.29, 1.82) is 0 Å². The molecule has 7 nitrogen and oxygen atoms in total. The van der Waals surface area contributed by atoms with E-state index >= 15 is 0 Å². The fourth-order valence-corrected chi connectivity index (χ4v) is 1.38. The molecule has 0 atom stereocenters. The first-order valence-electron chi connectivity index (χ1n) is 5.82. The average Bonchev–Trinajstić information content (AvgIpc) is 3.02. The van der Waals surface area contributed by atoms with Crippen molar-refractivity contribution in [2.45, 2.75) is 20.0 Å². The van der Waals surface area contributed by atoms with E-state index in [1.807, 2.05) is 31.2 Å². The Kier molecular flexibility index (Phi) is 6.05. The Hall–Kier alpha value is -2.54. The molecule has 0 aliphatic heterocycles. The van der Waals surface area contributed by atoms with Crippen LogP contribution in [0.4, 0.5) is 0 Å². The van der Waals surface area contributed by atoms with E-state index in [0.29, 0.717) is 0 Å². The van der Waals surface area contributed by atoms with Gasteiger partial charge in [-0.15, -0.1) is 0 Å². The Balaban J connectivity index is 0.000000286. The summed E-state index contributed by atoms with van der Waals surface area (Å²) in [5.41, 5.74) is 0. The fourth-order valence-electron chi connectivity index (χ4n) is 1.38.